The fourth-order valence-electron chi connectivity index (χ4n) is 0.698. The molecule has 12 heavy (non-hydrogen) atoms. The van der Waals surface area contributed by atoms with Gasteiger partial charge < -0.3 is 9.84 Å². The Morgan fingerprint density at radius 2 is 2.00 bits per heavy atom. The van der Waals surface area contributed by atoms with Crippen LogP contribution in [0.4, 0.5) is 0 Å². The number of benzene rings is 1. The number of aromatic hydroxyl groups is 1. The normalized spacial score (nSPS) is 8.42. The molecule has 0 amide bonds. The van der Waals surface area contributed by atoms with Gasteiger partial charge in [-0.15, -0.1) is 0 Å². The fourth-order valence-corrected chi connectivity index (χ4v) is 0.698. The van der Waals surface area contributed by atoms with Gasteiger partial charge in [0, 0.05) is 6.92 Å². The van der Waals surface area contributed by atoms with Gasteiger partial charge >= 0.3 is 35.5 Å². The van der Waals surface area contributed by atoms with Crippen molar-refractivity contribution in [3.63, 3.8) is 0 Å². The number of para-hydroxylation sites is 2. The second kappa shape index (κ2) is 5.19. The van der Waals surface area contributed by atoms with Crippen LogP contribution in [-0.4, -0.2) is 40.6 Å². The molecular formula is C8H9NaO3. The van der Waals surface area contributed by atoms with E-state index in [9.17, 15) is 4.79 Å². The van der Waals surface area contributed by atoms with Crippen LogP contribution in [-0.2, 0) is 4.79 Å². The summed E-state index contributed by atoms with van der Waals surface area (Å²) in [5, 5.41) is 9.08. The number of ether oxygens (including phenoxy) is 1. The van der Waals surface area contributed by atoms with Gasteiger partial charge in [-0.1, -0.05) is 12.1 Å². The first kappa shape index (κ1) is 11.5. The monoisotopic (exact) mass is 176 g/mol. The first-order chi connectivity index (χ1) is 5.20. The predicted octanol–water partition coefficient (Wildman–Crippen LogP) is 0.669. The van der Waals surface area contributed by atoms with Gasteiger partial charge in [-0.25, -0.2) is 0 Å². The zero-order valence-corrected chi connectivity index (χ0v) is 6.07. The molecule has 1 rings (SSSR count). The minimum atomic E-state index is -0.438. The molecule has 1 aromatic rings. The Kier molecular flexibility index (Phi) is 4.97. The third kappa shape index (κ3) is 3.26. The van der Waals surface area contributed by atoms with Crippen molar-refractivity contribution in [3.8, 4) is 11.5 Å². The summed E-state index contributed by atoms with van der Waals surface area (Å²) in [4.78, 5) is 10.4. The van der Waals surface area contributed by atoms with Crippen molar-refractivity contribution in [2.75, 3.05) is 0 Å². The third-order valence-corrected chi connectivity index (χ3v) is 1.12. The fraction of sp³-hybridized carbons (Fsp3) is 0.125. The molecular weight excluding hydrogens is 167 g/mol. The summed E-state index contributed by atoms with van der Waals surface area (Å²) in [6.07, 6.45) is 0. The van der Waals surface area contributed by atoms with Crippen molar-refractivity contribution in [1.82, 2.24) is 0 Å². The Morgan fingerprint density at radius 1 is 1.42 bits per heavy atom. The summed E-state index contributed by atoms with van der Waals surface area (Å²) in [6.45, 7) is 1.28. The van der Waals surface area contributed by atoms with Gasteiger partial charge in [-0.3, -0.25) is 4.79 Å². The number of hydrogen-bond donors (Lipinski definition) is 1. The second-order valence-corrected chi connectivity index (χ2v) is 2.06. The molecule has 0 aliphatic heterocycles. The summed E-state index contributed by atoms with van der Waals surface area (Å²) in [5.41, 5.74) is 0. The predicted molar refractivity (Wildman–Crippen MR) is 46.6 cm³/mol. The summed E-state index contributed by atoms with van der Waals surface area (Å²) < 4.78 is 4.66. The van der Waals surface area contributed by atoms with E-state index in [0.717, 1.165) is 0 Å². The van der Waals surface area contributed by atoms with Crippen LogP contribution < -0.4 is 4.74 Å². The molecule has 0 saturated heterocycles. The van der Waals surface area contributed by atoms with Crippen LogP contribution in [0.25, 0.3) is 0 Å². The van der Waals surface area contributed by atoms with Crippen molar-refractivity contribution in [1.29, 1.82) is 0 Å². The maximum atomic E-state index is 10.4. The van der Waals surface area contributed by atoms with E-state index in [1.165, 1.54) is 19.1 Å². The first-order valence-electron chi connectivity index (χ1n) is 3.16. The van der Waals surface area contributed by atoms with Crippen molar-refractivity contribution < 1.29 is 14.6 Å². The summed E-state index contributed by atoms with van der Waals surface area (Å²) >= 11 is 0. The van der Waals surface area contributed by atoms with Gasteiger partial charge in [0.05, 0.1) is 0 Å². The van der Waals surface area contributed by atoms with Crippen molar-refractivity contribution in [3.05, 3.63) is 24.3 Å². The van der Waals surface area contributed by atoms with E-state index in [4.69, 9.17) is 5.11 Å². The number of rotatable bonds is 1. The standard InChI is InChI=1S/C8H8O3.Na.H/c1-6(9)11-8-5-3-2-4-7(8)10;;/h2-5,10H,1H3;;. The average Bonchev–Trinajstić information content (AvgIpc) is 1.93. The topological polar surface area (TPSA) is 46.5 Å². The molecule has 60 valence electrons. The van der Waals surface area contributed by atoms with Gasteiger partial charge in [-0.2, -0.15) is 0 Å². The Bertz CT molecular complexity index is 273. The van der Waals surface area contributed by atoms with E-state index in [1.54, 1.807) is 12.1 Å². The van der Waals surface area contributed by atoms with E-state index in [0.29, 0.717) is 0 Å². The molecule has 1 aromatic carbocycles. The molecule has 0 unspecified atom stereocenters. The Hall–Kier alpha value is -0.510. The van der Waals surface area contributed by atoms with E-state index < -0.39 is 5.97 Å². The van der Waals surface area contributed by atoms with Gasteiger partial charge in [0.25, 0.3) is 0 Å². The molecule has 0 bridgehead atoms. The van der Waals surface area contributed by atoms with Crippen LogP contribution in [0.2, 0.25) is 0 Å². The SMILES string of the molecule is CC(=O)Oc1ccccc1O.[NaH]. The summed E-state index contributed by atoms with van der Waals surface area (Å²) in [6, 6.07) is 6.31. The van der Waals surface area contributed by atoms with Crippen LogP contribution in [0, 0.1) is 0 Å². The number of carbonyl (C=O) groups excluding carboxylic acids is 1. The van der Waals surface area contributed by atoms with E-state index in [1.807, 2.05) is 0 Å². The second-order valence-electron chi connectivity index (χ2n) is 2.06. The Morgan fingerprint density at radius 3 is 2.50 bits per heavy atom. The van der Waals surface area contributed by atoms with E-state index in [-0.39, 0.29) is 41.1 Å². The number of esters is 1. The number of carbonyl (C=O) groups is 1. The Balaban J connectivity index is 0.00000121. The zero-order chi connectivity index (χ0) is 8.27. The van der Waals surface area contributed by atoms with Gasteiger partial charge in [0.2, 0.25) is 0 Å². The molecule has 4 heteroatoms. The number of phenols is 1. The molecule has 0 spiro atoms. The number of phenolic OH excluding ortho intramolecular Hbond substituents is 1. The molecule has 3 nitrogen and oxygen atoms in total. The molecule has 0 aromatic heterocycles. The van der Waals surface area contributed by atoms with E-state index in [2.05, 4.69) is 4.74 Å². The van der Waals surface area contributed by atoms with Crippen LogP contribution in [0.3, 0.4) is 0 Å². The zero-order valence-electron chi connectivity index (χ0n) is 6.07. The Labute approximate surface area is 92.6 Å². The van der Waals surface area contributed by atoms with Crippen LogP contribution in [0.15, 0.2) is 24.3 Å². The van der Waals surface area contributed by atoms with Gasteiger partial charge in [0.15, 0.2) is 11.5 Å². The van der Waals surface area contributed by atoms with Gasteiger partial charge in [0.1, 0.15) is 0 Å². The van der Waals surface area contributed by atoms with Crippen molar-refractivity contribution >= 4 is 35.5 Å². The molecule has 0 radical (unpaired) electrons. The molecule has 0 aliphatic rings. The third-order valence-electron chi connectivity index (χ3n) is 1.12. The van der Waals surface area contributed by atoms with Crippen LogP contribution >= 0.6 is 0 Å². The molecule has 0 saturated carbocycles. The molecule has 0 heterocycles. The van der Waals surface area contributed by atoms with Crippen molar-refractivity contribution in [2.24, 2.45) is 0 Å². The number of hydrogen-bond acceptors (Lipinski definition) is 3. The van der Waals surface area contributed by atoms with E-state index >= 15 is 0 Å². The maximum absolute atomic E-state index is 10.4. The average molecular weight is 176 g/mol. The summed E-state index contributed by atoms with van der Waals surface area (Å²) in [5.74, 6) is -0.269. The van der Waals surface area contributed by atoms with Crippen molar-refractivity contribution in [2.45, 2.75) is 6.92 Å². The van der Waals surface area contributed by atoms with Crippen LogP contribution in [0.5, 0.6) is 11.5 Å². The van der Waals surface area contributed by atoms with Crippen LogP contribution in [0.1, 0.15) is 6.92 Å². The molecule has 0 fully saturated rings. The quantitative estimate of drug-likeness (QED) is 0.388. The summed E-state index contributed by atoms with van der Waals surface area (Å²) in [7, 11) is 0. The van der Waals surface area contributed by atoms with Gasteiger partial charge in [-0.05, 0) is 12.1 Å². The molecule has 0 aliphatic carbocycles. The minimum absolute atomic E-state index is 0. The molecule has 0 atom stereocenters. The molecule has 1 N–H and O–H groups in total. The first-order valence-corrected chi connectivity index (χ1v) is 3.16.